The second kappa shape index (κ2) is 6.09. The summed E-state index contributed by atoms with van der Waals surface area (Å²) in [5, 5.41) is 0.457. The van der Waals surface area contributed by atoms with Crippen LogP contribution in [0.4, 0.5) is 0 Å². The molecule has 1 aliphatic heterocycles. The summed E-state index contributed by atoms with van der Waals surface area (Å²) in [7, 11) is -2.43. The van der Waals surface area contributed by atoms with Gasteiger partial charge in [-0.25, -0.2) is 13.2 Å². The van der Waals surface area contributed by atoms with Crippen molar-refractivity contribution >= 4 is 27.6 Å². The number of sulfonamides is 1. The topological polar surface area (TPSA) is 72.9 Å². The zero-order chi connectivity index (χ0) is 14.8. The van der Waals surface area contributed by atoms with Gasteiger partial charge in [0.2, 0.25) is 10.0 Å². The number of hydrogen-bond acceptors (Lipinski definition) is 5. The quantitative estimate of drug-likeness (QED) is 0.774. The molecule has 8 heteroatoms. The smallest absolute Gasteiger partial charge is 0.336 e. The number of morpholine rings is 1. The number of carbonyl (C=O) groups is 1. The molecular formula is C12H14ClNO5S. The predicted molar refractivity (Wildman–Crippen MR) is 72.0 cm³/mol. The highest BCUT2D eigenvalue weighted by molar-refractivity contribution is 7.89. The number of halogens is 1. The third kappa shape index (κ3) is 3.12. The van der Waals surface area contributed by atoms with Crippen molar-refractivity contribution in [1.29, 1.82) is 0 Å². The molecule has 2 rings (SSSR count). The lowest BCUT2D eigenvalue weighted by atomic mass is 10.3. The number of nitrogens with zero attached hydrogens (tertiary/aromatic N) is 1. The Morgan fingerprint density at radius 3 is 2.65 bits per heavy atom. The minimum Gasteiger partial charge on any atom is -0.467 e. The fourth-order valence-electron chi connectivity index (χ4n) is 1.87. The number of hydrogen-bond donors (Lipinski definition) is 0. The Morgan fingerprint density at radius 1 is 1.40 bits per heavy atom. The van der Waals surface area contributed by atoms with E-state index in [2.05, 4.69) is 4.74 Å². The lowest BCUT2D eigenvalue weighted by Gasteiger charge is -2.30. The van der Waals surface area contributed by atoms with Crippen molar-refractivity contribution in [2.45, 2.75) is 11.0 Å². The van der Waals surface area contributed by atoms with Gasteiger partial charge in [-0.1, -0.05) is 11.6 Å². The summed E-state index contributed by atoms with van der Waals surface area (Å²) >= 11 is 5.74. The van der Waals surface area contributed by atoms with Gasteiger partial charge >= 0.3 is 5.97 Å². The summed E-state index contributed by atoms with van der Waals surface area (Å²) in [4.78, 5) is 11.6. The minimum absolute atomic E-state index is 0.0579. The highest BCUT2D eigenvalue weighted by Gasteiger charge is 2.34. The van der Waals surface area contributed by atoms with Gasteiger partial charge in [-0.3, -0.25) is 0 Å². The van der Waals surface area contributed by atoms with Crippen molar-refractivity contribution in [2.75, 3.05) is 26.8 Å². The number of carbonyl (C=O) groups excluding carboxylic acids is 1. The largest absolute Gasteiger partial charge is 0.467 e. The fraction of sp³-hybridized carbons (Fsp3) is 0.417. The van der Waals surface area contributed by atoms with Crippen molar-refractivity contribution in [1.82, 2.24) is 4.31 Å². The van der Waals surface area contributed by atoms with Gasteiger partial charge in [0.25, 0.3) is 0 Å². The molecular weight excluding hydrogens is 306 g/mol. The molecule has 110 valence electrons. The van der Waals surface area contributed by atoms with Crippen LogP contribution in [0, 0.1) is 0 Å². The summed E-state index contributed by atoms with van der Waals surface area (Å²) in [6.45, 7) is 0.280. The molecule has 1 atom stereocenters. The van der Waals surface area contributed by atoms with Crippen molar-refractivity contribution in [3.8, 4) is 0 Å². The molecule has 0 aliphatic carbocycles. The molecule has 1 fully saturated rings. The Kier molecular flexibility index (Phi) is 4.64. The molecule has 1 aromatic rings. The number of esters is 1. The van der Waals surface area contributed by atoms with E-state index in [1.165, 1.54) is 35.7 Å². The molecule has 1 aliphatic rings. The van der Waals surface area contributed by atoms with Gasteiger partial charge in [-0.05, 0) is 24.3 Å². The fourth-order valence-corrected chi connectivity index (χ4v) is 3.42. The Bertz CT molecular complexity index is 586. The second-order valence-electron chi connectivity index (χ2n) is 4.20. The molecule has 0 saturated carbocycles. The number of benzene rings is 1. The van der Waals surface area contributed by atoms with E-state index in [0.717, 1.165) is 0 Å². The first-order valence-electron chi connectivity index (χ1n) is 5.90. The first-order chi connectivity index (χ1) is 9.45. The van der Waals surface area contributed by atoms with Crippen molar-refractivity contribution < 1.29 is 22.7 Å². The van der Waals surface area contributed by atoms with E-state index in [1.807, 2.05) is 0 Å². The molecule has 0 aromatic heterocycles. The monoisotopic (exact) mass is 319 g/mol. The SMILES string of the molecule is COC(=O)C1CN(S(=O)(=O)c2ccc(Cl)cc2)CCO1. The summed E-state index contributed by atoms with van der Waals surface area (Å²) in [6.07, 6.45) is -0.893. The van der Waals surface area contributed by atoms with Crippen LogP contribution >= 0.6 is 11.6 Å². The van der Waals surface area contributed by atoms with Crippen LogP contribution in [0.1, 0.15) is 0 Å². The second-order valence-corrected chi connectivity index (χ2v) is 6.57. The van der Waals surface area contributed by atoms with Crippen molar-refractivity contribution in [2.24, 2.45) is 0 Å². The highest BCUT2D eigenvalue weighted by Crippen LogP contribution is 2.20. The van der Waals surface area contributed by atoms with Crippen LogP contribution in [0.15, 0.2) is 29.2 Å². The van der Waals surface area contributed by atoms with Gasteiger partial charge in [0.05, 0.1) is 25.2 Å². The summed E-state index contributed by atoms with van der Waals surface area (Å²) in [5.74, 6) is -0.582. The van der Waals surface area contributed by atoms with E-state index in [-0.39, 0.29) is 24.6 Å². The van der Waals surface area contributed by atoms with Crippen LogP contribution in [0.2, 0.25) is 5.02 Å². The van der Waals surface area contributed by atoms with Crippen molar-refractivity contribution in [3.05, 3.63) is 29.3 Å². The third-order valence-electron chi connectivity index (χ3n) is 2.94. The Balaban J connectivity index is 2.21. The van der Waals surface area contributed by atoms with Crippen molar-refractivity contribution in [3.63, 3.8) is 0 Å². The lowest BCUT2D eigenvalue weighted by molar-refractivity contribution is -0.157. The molecule has 0 N–H and O–H groups in total. The van der Waals surface area contributed by atoms with Gasteiger partial charge in [-0.15, -0.1) is 0 Å². The highest BCUT2D eigenvalue weighted by atomic mass is 35.5. The number of methoxy groups -OCH3 is 1. The van der Waals surface area contributed by atoms with Crippen LogP contribution < -0.4 is 0 Å². The molecule has 0 amide bonds. The molecule has 0 radical (unpaired) electrons. The van der Waals surface area contributed by atoms with Gasteiger partial charge < -0.3 is 9.47 Å². The molecule has 6 nitrogen and oxygen atoms in total. The molecule has 1 unspecified atom stereocenters. The maximum Gasteiger partial charge on any atom is 0.336 e. The van der Waals surface area contributed by atoms with Gasteiger partial charge in [0.1, 0.15) is 0 Å². The van der Waals surface area contributed by atoms with E-state index in [1.54, 1.807) is 0 Å². The molecule has 1 aromatic carbocycles. The average Bonchev–Trinajstić information content (AvgIpc) is 2.47. The van der Waals surface area contributed by atoms with Gasteiger partial charge in [-0.2, -0.15) is 4.31 Å². The van der Waals surface area contributed by atoms with E-state index in [0.29, 0.717) is 5.02 Å². The predicted octanol–water partition coefficient (Wildman–Crippen LogP) is 0.902. The zero-order valence-electron chi connectivity index (χ0n) is 10.8. The Hall–Kier alpha value is -1.15. The standard InChI is InChI=1S/C12H14ClNO5S/c1-18-12(15)11-8-14(6-7-19-11)20(16,17)10-4-2-9(13)3-5-10/h2-5,11H,6-8H2,1H3. The molecule has 20 heavy (non-hydrogen) atoms. The Labute approximate surface area is 122 Å². The van der Waals surface area contributed by atoms with Crippen LogP contribution in [-0.4, -0.2) is 51.6 Å². The third-order valence-corrected chi connectivity index (χ3v) is 5.08. The lowest BCUT2D eigenvalue weighted by Crippen LogP contribution is -2.48. The summed E-state index contributed by atoms with van der Waals surface area (Å²) in [6, 6.07) is 5.87. The van der Waals surface area contributed by atoms with Crippen LogP contribution in [0.3, 0.4) is 0 Å². The van der Waals surface area contributed by atoms with Crippen LogP contribution in [0.25, 0.3) is 0 Å². The zero-order valence-corrected chi connectivity index (χ0v) is 12.4. The average molecular weight is 320 g/mol. The summed E-state index contributed by atoms with van der Waals surface area (Å²) in [5.41, 5.74) is 0. The molecule has 0 spiro atoms. The van der Waals surface area contributed by atoms with Gasteiger partial charge in [0.15, 0.2) is 6.10 Å². The Morgan fingerprint density at radius 2 is 2.05 bits per heavy atom. The first-order valence-corrected chi connectivity index (χ1v) is 7.72. The van der Waals surface area contributed by atoms with Crippen LogP contribution in [0.5, 0.6) is 0 Å². The first kappa shape index (κ1) is 15.2. The minimum atomic E-state index is -3.67. The van der Waals surface area contributed by atoms with E-state index in [9.17, 15) is 13.2 Å². The van der Waals surface area contributed by atoms with Gasteiger partial charge in [0, 0.05) is 11.6 Å². The molecule has 1 heterocycles. The van der Waals surface area contributed by atoms with E-state index < -0.39 is 22.1 Å². The number of ether oxygens (including phenoxy) is 2. The normalized spacial score (nSPS) is 20.6. The number of rotatable bonds is 3. The molecule has 0 bridgehead atoms. The summed E-state index contributed by atoms with van der Waals surface area (Å²) < 4.78 is 35.8. The van der Waals surface area contributed by atoms with Crippen LogP contribution in [-0.2, 0) is 24.3 Å². The maximum absolute atomic E-state index is 12.4. The molecule has 1 saturated heterocycles. The maximum atomic E-state index is 12.4. The van der Waals surface area contributed by atoms with E-state index in [4.69, 9.17) is 16.3 Å². The van der Waals surface area contributed by atoms with E-state index >= 15 is 0 Å².